The Morgan fingerprint density at radius 3 is 2.50 bits per heavy atom. The van der Waals surface area contributed by atoms with E-state index in [1.807, 2.05) is 6.92 Å². The van der Waals surface area contributed by atoms with Crippen LogP contribution in [-0.4, -0.2) is 78.9 Å². The van der Waals surface area contributed by atoms with Crippen molar-refractivity contribution in [3.8, 4) is 5.88 Å². The quantitative estimate of drug-likeness (QED) is 0.427. The second-order valence-corrected chi connectivity index (χ2v) is 8.23. The van der Waals surface area contributed by atoms with Gasteiger partial charge < -0.3 is 10.2 Å². The zero-order chi connectivity index (χ0) is 21.3. The number of piperazine rings is 1. The maximum Gasteiger partial charge on any atom is 0.269 e. The molecule has 3 heterocycles. The molecule has 1 aromatic carbocycles. The van der Waals surface area contributed by atoms with Crippen LogP contribution >= 0.6 is 11.3 Å². The molecule has 0 radical (unpaired) electrons. The lowest BCUT2D eigenvalue weighted by Gasteiger charge is -2.38. The SMILES string of the molecule is CCc1nc2sc([C@H](c3ccc([N+](=O)[O-])cc3)N3CCN(CCO)CC3)c(O)n2n1. The first-order valence-corrected chi connectivity index (χ1v) is 10.7. The number of aliphatic hydroxyl groups is 1. The number of aromatic nitrogens is 3. The van der Waals surface area contributed by atoms with E-state index in [2.05, 4.69) is 19.9 Å². The molecule has 11 heteroatoms. The Morgan fingerprint density at radius 1 is 1.23 bits per heavy atom. The van der Waals surface area contributed by atoms with Gasteiger partial charge in [0.15, 0.2) is 5.82 Å². The number of nitro benzene ring substituents is 1. The lowest BCUT2D eigenvalue weighted by atomic mass is 10.0. The Kier molecular flexibility index (Phi) is 5.95. The van der Waals surface area contributed by atoms with Gasteiger partial charge in [-0.1, -0.05) is 30.4 Å². The molecule has 160 valence electrons. The molecule has 0 spiro atoms. The second-order valence-electron chi connectivity index (χ2n) is 7.22. The molecule has 1 aliphatic rings. The van der Waals surface area contributed by atoms with Crippen LogP contribution < -0.4 is 0 Å². The van der Waals surface area contributed by atoms with Gasteiger partial charge in [-0.3, -0.25) is 19.9 Å². The molecule has 0 unspecified atom stereocenters. The van der Waals surface area contributed by atoms with Gasteiger partial charge in [0, 0.05) is 51.3 Å². The molecule has 0 amide bonds. The maximum atomic E-state index is 11.1. The largest absolute Gasteiger partial charge is 0.492 e. The molecule has 1 saturated heterocycles. The average molecular weight is 433 g/mol. The molecule has 10 nitrogen and oxygen atoms in total. The number of nitrogens with zero attached hydrogens (tertiary/aromatic N) is 6. The van der Waals surface area contributed by atoms with Gasteiger partial charge in [0.25, 0.3) is 5.69 Å². The Labute approximate surface area is 177 Å². The summed E-state index contributed by atoms with van der Waals surface area (Å²) in [6, 6.07) is 6.22. The third kappa shape index (κ3) is 3.88. The van der Waals surface area contributed by atoms with E-state index in [9.17, 15) is 20.3 Å². The first kappa shape index (κ1) is 20.7. The second kappa shape index (κ2) is 8.64. The number of hydrogen-bond acceptors (Lipinski definition) is 9. The van der Waals surface area contributed by atoms with Gasteiger partial charge in [0.05, 0.1) is 22.4 Å². The molecular formula is C19H24N6O4S. The minimum absolute atomic E-state index is 0.0322. The highest BCUT2D eigenvalue weighted by Gasteiger charge is 2.32. The zero-order valence-electron chi connectivity index (χ0n) is 16.6. The normalized spacial score (nSPS) is 16.9. The third-order valence-electron chi connectivity index (χ3n) is 5.42. The summed E-state index contributed by atoms with van der Waals surface area (Å²) in [5.74, 6) is 0.732. The maximum absolute atomic E-state index is 11.1. The van der Waals surface area contributed by atoms with Gasteiger partial charge in [-0.05, 0) is 5.56 Å². The summed E-state index contributed by atoms with van der Waals surface area (Å²) in [5.41, 5.74) is 0.899. The molecule has 2 N–H and O–H groups in total. The van der Waals surface area contributed by atoms with Crippen LogP contribution in [0.15, 0.2) is 24.3 Å². The molecule has 30 heavy (non-hydrogen) atoms. The van der Waals surface area contributed by atoms with Crippen molar-refractivity contribution in [2.24, 2.45) is 0 Å². The van der Waals surface area contributed by atoms with Gasteiger partial charge in [-0.2, -0.15) is 4.52 Å². The number of benzene rings is 1. The molecule has 4 rings (SSSR count). The topological polar surface area (TPSA) is 120 Å². The lowest BCUT2D eigenvalue weighted by Crippen LogP contribution is -2.48. The lowest BCUT2D eigenvalue weighted by molar-refractivity contribution is -0.384. The zero-order valence-corrected chi connectivity index (χ0v) is 17.5. The number of rotatable bonds is 7. The Balaban J connectivity index is 1.71. The average Bonchev–Trinajstić information content (AvgIpc) is 3.29. The van der Waals surface area contributed by atoms with E-state index in [0.29, 0.717) is 23.8 Å². The van der Waals surface area contributed by atoms with Crippen LogP contribution in [0, 0.1) is 10.1 Å². The number of nitro groups is 1. The number of hydrogen-bond donors (Lipinski definition) is 2. The minimum Gasteiger partial charge on any atom is -0.492 e. The van der Waals surface area contributed by atoms with E-state index in [1.54, 1.807) is 12.1 Å². The summed E-state index contributed by atoms with van der Waals surface area (Å²) in [5, 5.41) is 35.6. The van der Waals surface area contributed by atoms with E-state index in [1.165, 1.54) is 28.0 Å². The predicted molar refractivity (Wildman–Crippen MR) is 112 cm³/mol. The van der Waals surface area contributed by atoms with Crippen molar-refractivity contribution in [2.45, 2.75) is 19.4 Å². The molecule has 1 aliphatic heterocycles. The Morgan fingerprint density at radius 2 is 1.93 bits per heavy atom. The summed E-state index contributed by atoms with van der Waals surface area (Å²) in [6.45, 7) is 5.81. The van der Waals surface area contributed by atoms with Crippen LogP contribution in [0.25, 0.3) is 4.96 Å². The van der Waals surface area contributed by atoms with E-state index in [-0.39, 0.29) is 24.2 Å². The van der Waals surface area contributed by atoms with Crippen molar-refractivity contribution >= 4 is 22.0 Å². The molecule has 3 aromatic rings. The van der Waals surface area contributed by atoms with Gasteiger partial charge in [-0.25, -0.2) is 4.98 Å². The first-order chi connectivity index (χ1) is 14.5. The predicted octanol–water partition coefficient (Wildman–Crippen LogP) is 1.67. The molecule has 0 bridgehead atoms. The van der Waals surface area contributed by atoms with E-state index >= 15 is 0 Å². The molecule has 0 aliphatic carbocycles. The molecule has 2 aromatic heterocycles. The fourth-order valence-electron chi connectivity index (χ4n) is 3.81. The van der Waals surface area contributed by atoms with Gasteiger partial charge in [0.1, 0.15) is 0 Å². The number of aromatic hydroxyl groups is 1. The van der Waals surface area contributed by atoms with Crippen molar-refractivity contribution in [3.63, 3.8) is 0 Å². The molecule has 1 atom stereocenters. The van der Waals surface area contributed by atoms with Crippen molar-refractivity contribution in [1.82, 2.24) is 24.4 Å². The summed E-state index contributed by atoms with van der Waals surface area (Å²) in [7, 11) is 0. The van der Waals surface area contributed by atoms with Gasteiger partial charge in [-0.15, -0.1) is 5.10 Å². The van der Waals surface area contributed by atoms with Crippen LogP contribution in [0.3, 0.4) is 0 Å². The Bertz CT molecular complexity index is 1030. The highest BCUT2D eigenvalue weighted by molar-refractivity contribution is 7.17. The standard InChI is InChI=1S/C19H24N6O4S/c1-2-15-20-19-24(21-15)18(27)17(30-19)16(13-3-5-14(6-4-13)25(28)29)23-9-7-22(8-10-23)11-12-26/h3-6,16,26-27H,2,7-12H2,1H3/t16-/m0/s1. The number of aryl methyl sites for hydroxylation is 1. The number of fused-ring (bicyclic) bond motifs is 1. The van der Waals surface area contributed by atoms with Crippen LogP contribution in [0.2, 0.25) is 0 Å². The summed E-state index contributed by atoms with van der Waals surface area (Å²) in [6.07, 6.45) is 0.682. The fourth-order valence-corrected chi connectivity index (χ4v) is 4.95. The van der Waals surface area contributed by atoms with Crippen LogP contribution in [0.1, 0.15) is 29.2 Å². The monoisotopic (exact) mass is 432 g/mol. The highest BCUT2D eigenvalue weighted by atomic mass is 32.1. The fraction of sp³-hybridized carbons (Fsp3) is 0.474. The Hall–Kier alpha value is -2.60. The van der Waals surface area contributed by atoms with E-state index in [4.69, 9.17) is 0 Å². The van der Waals surface area contributed by atoms with Gasteiger partial charge in [0.2, 0.25) is 10.8 Å². The van der Waals surface area contributed by atoms with Crippen LogP contribution in [0.5, 0.6) is 5.88 Å². The van der Waals surface area contributed by atoms with Gasteiger partial charge >= 0.3 is 0 Å². The van der Waals surface area contributed by atoms with Crippen molar-refractivity contribution in [1.29, 1.82) is 0 Å². The number of β-amino-alcohol motifs (C(OH)–C–C–N with tert-alkyl or cyclic N) is 1. The number of thiazole rings is 1. The van der Waals surface area contributed by atoms with E-state index < -0.39 is 4.92 Å². The molecule has 1 fully saturated rings. The molecule has 0 saturated carbocycles. The van der Waals surface area contributed by atoms with Crippen LogP contribution in [-0.2, 0) is 6.42 Å². The van der Waals surface area contributed by atoms with Crippen LogP contribution in [0.4, 0.5) is 5.69 Å². The molecular weight excluding hydrogens is 408 g/mol. The summed E-state index contributed by atoms with van der Waals surface area (Å²) in [4.78, 5) is 20.9. The minimum atomic E-state index is -0.417. The van der Waals surface area contributed by atoms with Crippen molar-refractivity contribution in [3.05, 3.63) is 50.6 Å². The third-order valence-corrected chi connectivity index (χ3v) is 6.49. The van der Waals surface area contributed by atoms with Crippen molar-refractivity contribution < 1.29 is 15.1 Å². The summed E-state index contributed by atoms with van der Waals surface area (Å²) >= 11 is 1.39. The smallest absolute Gasteiger partial charge is 0.269 e. The number of aliphatic hydroxyl groups excluding tert-OH is 1. The highest BCUT2D eigenvalue weighted by Crippen LogP contribution is 2.40. The number of non-ortho nitro benzene ring substituents is 1. The van der Waals surface area contributed by atoms with Crippen molar-refractivity contribution in [2.75, 3.05) is 39.3 Å². The summed E-state index contributed by atoms with van der Waals surface area (Å²) < 4.78 is 1.47. The first-order valence-electron chi connectivity index (χ1n) is 9.90. The van der Waals surface area contributed by atoms with E-state index in [0.717, 1.165) is 36.6 Å².